The Labute approximate surface area is 277 Å². The minimum atomic E-state index is -0.335. The van der Waals surface area contributed by atoms with Crippen LogP contribution in [-0.2, 0) is 0 Å². The number of allylic oxidation sites excluding steroid dienone is 5. The highest BCUT2D eigenvalue weighted by molar-refractivity contribution is 5.89. The first-order valence-corrected chi connectivity index (χ1v) is 17.1. The van der Waals surface area contributed by atoms with Gasteiger partial charge in [0.15, 0.2) is 0 Å². The van der Waals surface area contributed by atoms with Crippen LogP contribution >= 0.6 is 0 Å². The highest BCUT2D eigenvalue weighted by atomic mass is 15.2. The highest BCUT2D eigenvalue weighted by Crippen LogP contribution is 2.41. The molecule has 3 unspecified atom stereocenters. The molecule has 0 aliphatic heterocycles. The fourth-order valence-corrected chi connectivity index (χ4v) is 6.54. The SMILES string of the molecule is CCCCCC=CC(C)NC(NC(N)c1ccccc1)c1cccc(C)c1-c1c(C)cccc1-c1cccc(C2=CC=CCC2)c1. The molecule has 1 aliphatic carbocycles. The van der Waals surface area contributed by atoms with E-state index in [2.05, 4.69) is 142 Å². The quantitative estimate of drug-likeness (QED) is 0.0757. The monoisotopic (exact) mass is 609 g/mol. The number of nitrogens with two attached hydrogens (primary N) is 1. The molecule has 0 amide bonds. The Hall–Kier alpha value is -4.02. The number of rotatable bonds is 14. The standard InChI is InChI=1S/C43H51N3/c1-5-6-7-8-11-21-33(4)45-43(46-42(44)35-24-14-10-15-25-35)39-29-17-20-32(3)41(39)40-31(2)19-16-28-38(40)37-27-18-26-36(30-37)34-22-12-9-13-23-34/h9-12,14-22,24-30,33,42-43,45-46H,5-8,13,23,44H2,1-4H3. The molecule has 3 heteroatoms. The summed E-state index contributed by atoms with van der Waals surface area (Å²) >= 11 is 0. The van der Waals surface area contributed by atoms with Crippen LogP contribution in [-0.4, -0.2) is 6.04 Å². The largest absolute Gasteiger partial charge is 0.312 e. The van der Waals surface area contributed by atoms with Gasteiger partial charge < -0.3 is 5.73 Å². The van der Waals surface area contributed by atoms with E-state index >= 15 is 0 Å². The van der Waals surface area contributed by atoms with Gasteiger partial charge in [0.25, 0.3) is 0 Å². The van der Waals surface area contributed by atoms with Gasteiger partial charge in [-0.2, -0.15) is 0 Å². The lowest BCUT2D eigenvalue weighted by Gasteiger charge is -2.30. The first-order valence-electron chi connectivity index (χ1n) is 17.1. The fraction of sp³-hybridized carbons (Fsp3) is 0.302. The molecule has 3 nitrogen and oxygen atoms in total. The van der Waals surface area contributed by atoms with E-state index < -0.39 is 0 Å². The second kappa shape index (κ2) is 16.5. The lowest BCUT2D eigenvalue weighted by Crippen LogP contribution is -2.43. The van der Waals surface area contributed by atoms with Crippen LogP contribution in [0.2, 0.25) is 0 Å². The van der Waals surface area contributed by atoms with Crippen molar-refractivity contribution >= 4 is 5.57 Å². The van der Waals surface area contributed by atoms with Crippen molar-refractivity contribution in [1.29, 1.82) is 0 Å². The van der Waals surface area contributed by atoms with Gasteiger partial charge in [-0.05, 0) is 108 Å². The van der Waals surface area contributed by atoms with E-state index in [1.165, 1.54) is 69.3 Å². The van der Waals surface area contributed by atoms with Crippen LogP contribution in [0.3, 0.4) is 0 Å². The smallest absolute Gasteiger partial charge is 0.0860 e. The second-order valence-corrected chi connectivity index (χ2v) is 12.6. The summed E-state index contributed by atoms with van der Waals surface area (Å²) in [5.74, 6) is 0. The van der Waals surface area contributed by atoms with Crippen LogP contribution in [0.4, 0.5) is 0 Å². The number of benzene rings is 4. The highest BCUT2D eigenvalue weighted by Gasteiger charge is 2.24. The summed E-state index contributed by atoms with van der Waals surface area (Å²) in [6.07, 6.45) is 17.8. The van der Waals surface area contributed by atoms with Crippen LogP contribution in [0.5, 0.6) is 0 Å². The normalized spacial score (nSPS) is 15.1. The van der Waals surface area contributed by atoms with Crippen LogP contribution < -0.4 is 16.4 Å². The van der Waals surface area contributed by atoms with E-state index in [1.54, 1.807) is 0 Å². The molecule has 0 radical (unpaired) electrons. The summed E-state index contributed by atoms with van der Waals surface area (Å²) in [5.41, 5.74) is 19.3. The summed E-state index contributed by atoms with van der Waals surface area (Å²) in [4.78, 5) is 0. The molecule has 4 aromatic rings. The molecule has 46 heavy (non-hydrogen) atoms. The van der Waals surface area contributed by atoms with E-state index in [4.69, 9.17) is 5.73 Å². The number of nitrogens with one attached hydrogen (secondary N) is 2. The summed E-state index contributed by atoms with van der Waals surface area (Å²) < 4.78 is 0. The van der Waals surface area contributed by atoms with Crippen molar-refractivity contribution in [2.24, 2.45) is 5.73 Å². The molecule has 238 valence electrons. The third-order valence-electron chi connectivity index (χ3n) is 9.03. The van der Waals surface area contributed by atoms with E-state index in [1.807, 2.05) is 18.2 Å². The molecule has 0 spiro atoms. The average molecular weight is 610 g/mol. The summed E-state index contributed by atoms with van der Waals surface area (Å²) in [5, 5.41) is 7.68. The Morgan fingerprint density at radius 2 is 1.54 bits per heavy atom. The van der Waals surface area contributed by atoms with Crippen molar-refractivity contribution < 1.29 is 0 Å². The Bertz CT molecular complexity index is 1660. The van der Waals surface area contributed by atoms with Crippen molar-refractivity contribution in [2.75, 3.05) is 0 Å². The molecule has 4 N–H and O–H groups in total. The Balaban J connectivity index is 1.58. The van der Waals surface area contributed by atoms with Gasteiger partial charge >= 0.3 is 0 Å². The van der Waals surface area contributed by atoms with Gasteiger partial charge in [-0.25, -0.2) is 0 Å². The zero-order chi connectivity index (χ0) is 32.3. The number of aryl methyl sites for hydroxylation is 2. The minimum absolute atomic E-state index is 0.154. The average Bonchev–Trinajstić information content (AvgIpc) is 3.09. The number of unbranched alkanes of at least 4 members (excludes halogenated alkanes) is 3. The van der Waals surface area contributed by atoms with Crippen molar-refractivity contribution in [2.45, 2.75) is 84.6 Å². The third-order valence-corrected chi connectivity index (χ3v) is 9.03. The maximum Gasteiger partial charge on any atom is 0.0860 e. The van der Waals surface area contributed by atoms with Crippen LogP contribution in [0.15, 0.2) is 121 Å². The van der Waals surface area contributed by atoms with Gasteiger partial charge in [0.05, 0.1) is 12.3 Å². The van der Waals surface area contributed by atoms with Crippen LogP contribution in [0.25, 0.3) is 27.8 Å². The topological polar surface area (TPSA) is 50.1 Å². The number of hydrogen-bond acceptors (Lipinski definition) is 3. The van der Waals surface area contributed by atoms with Crippen molar-refractivity contribution in [3.8, 4) is 22.3 Å². The number of hydrogen-bond donors (Lipinski definition) is 3. The molecule has 0 saturated heterocycles. The Morgan fingerprint density at radius 1 is 0.804 bits per heavy atom. The third kappa shape index (κ3) is 8.41. The first-order chi connectivity index (χ1) is 22.5. The molecular formula is C43H51N3. The van der Waals surface area contributed by atoms with Crippen molar-refractivity contribution in [1.82, 2.24) is 10.6 Å². The van der Waals surface area contributed by atoms with E-state index in [9.17, 15) is 0 Å². The van der Waals surface area contributed by atoms with Crippen molar-refractivity contribution in [3.63, 3.8) is 0 Å². The molecule has 4 aromatic carbocycles. The van der Waals surface area contributed by atoms with E-state index in [0.717, 1.165) is 24.8 Å². The zero-order valence-electron chi connectivity index (χ0n) is 28.1. The van der Waals surface area contributed by atoms with Gasteiger partial charge in [0.1, 0.15) is 0 Å². The van der Waals surface area contributed by atoms with Crippen LogP contribution in [0.1, 0.15) is 92.5 Å². The van der Waals surface area contributed by atoms with Gasteiger partial charge in [-0.15, -0.1) is 0 Å². The van der Waals surface area contributed by atoms with Gasteiger partial charge in [0, 0.05) is 6.04 Å². The summed E-state index contributed by atoms with van der Waals surface area (Å²) in [6.45, 7) is 8.95. The predicted molar refractivity (Wildman–Crippen MR) is 198 cm³/mol. The van der Waals surface area contributed by atoms with E-state index in [0.29, 0.717) is 0 Å². The lowest BCUT2D eigenvalue weighted by atomic mass is 9.84. The van der Waals surface area contributed by atoms with E-state index in [-0.39, 0.29) is 18.4 Å². The van der Waals surface area contributed by atoms with Gasteiger partial charge in [-0.1, -0.05) is 135 Å². The molecule has 5 rings (SSSR count). The Morgan fingerprint density at radius 3 is 2.30 bits per heavy atom. The second-order valence-electron chi connectivity index (χ2n) is 12.6. The fourth-order valence-electron chi connectivity index (χ4n) is 6.54. The zero-order valence-corrected chi connectivity index (χ0v) is 28.1. The van der Waals surface area contributed by atoms with Crippen LogP contribution in [0, 0.1) is 13.8 Å². The minimum Gasteiger partial charge on any atom is -0.312 e. The molecule has 0 fully saturated rings. The molecule has 0 aromatic heterocycles. The van der Waals surface area contributed by atoms with Crippen molar-refractivity contribution in [3.05, 3.63) is 149 Å². The summed E-state index contributed by atoms with van der Waals surface area (Å²) in [6, 6.07) is 32.9. The maximum absolute atomic E-state index is 6.85. The Kier molecular flexibility index (Phi) is 12.0. The molecular weight excluding hydrogens is 558 g/mol. The molecule has 0 heterocycles. The molecule has 0 bridgehead atoms. The maximum atomic E-state index is 6.85. The molecule has 0 saturated carbocycles. The molecule has 3 atom stereocenters. The lowest BCUT2D eigenvalue weighted by molar-refractivity contribution is 0.374. The predicted octanol–water partition coefficient (Wildman–Crippen LogP) is 10.7. The first kappa shape index (κ1) is 33.3. The van der Waals surface area contributed by atoms with Gasteiger partial charge in [-0.3, -0.25) is 10.6 Å². The summed E-state index contributed by atoms with van der Waals surface area (Å²) in [7, 11) is 0. The van der Waals surface area contributed by atoms with Gasteiger partial charge in [0.2, 0.25) is 0 Å². The molecule has 1 aliphatic rings.